The van der Waals surface area contributed by atoms with E-state index >= 15 is 0 Å². The number of aromatic hydroxyl groups is 1. The van der Waals surface area contributed by atoms with E-state index < -0.39 is 0 Å². The number of phenolic OH excluding ortho intramolecular Hbond substituents is 1. The summed E-state index contributed by atoms with van der Waals surface area (Å²) in [5, 5.41) is 12.7. The standard InChI is InChI=1S/C19H24N2O3/c1-5-21(13(2)3)15-8-6-14(7-9-15)20-19(23)17-11-10-16(24-4)12-18(17)22/h6-13,22H,5H2,1-4H3,(H,20,23). The largest absolute Gasteiger partial charge is 0.507 e. The van der Waals surface area contributed by atoms with Gasteiger partial charge < -0.3 is 20.1 Å². The third-order valence-electron chi connectivity index (χ3n) is 3.87. The van der Waals surface area contributed by atoms with Crippen LogP contribution < -0.4 is 15.0 Å². The van der Waals surface area contributed by atoms with Gasteiger partial charge in [-0.2, -0.15) is 0 Å². The second-order valence-corrected chi connectivity index (χ2v) is 5.76. The highest BCUT2D eigenvalue weighted by atomic mass is 16.5. The molecule has 0 saturated carbocycles. The molecule has 0 aliphatic rings. The van der Waals surface area contributed by atoms with Crippen LogP contribution in [0.15, 0.2) is 42.5 Å². The van der Waals surface area contributed by atoms with E-state index in [0.717, 1.165) is 12.2 Å². The summed E-state index contributed by atoms with van der Waals surface area (Å²) in [6.07, 6.45) is 0. The maximum Gasteiger partial charge on any atom is 0.259 e. The first kappa shape index (κ1) is 17.7. The minimum atomic E-state index is -0.362. The van der Waals surface area contributed by atoms with Crippen molar-refractivity contribution >= 4 is 17.3 Å². The number of nitrogens with zero attached hydrogens (tertiary/aromatic N) is 1. The van der Waals surface area contributed by atoms with Crippen LogP contribution >= 0.6 is 0 Å². The lowest BCUT2D eigenvalue weighted by atomic mass is 10.1. The van der Waals surface area contributed by atoms with Gasteiger partial charge in [0.15, 0.2) is 0 Å². The smallest absolute Gasteiger partial charge is 0.259 e. The van der Waals surface area contributed by atoms with Crippen molar-refractivity contribution < 1.29 is 14.6 Å². The highest BCUT2D eigenvalue weighted by Gasteiger charge is 2.13. The minimum absolute atomic E-state index is 0.111. The fourth-order valence-corrected chi connectivity index (χ4v) is 2.61. The molecule has 0 aromatic heterocycles. The van der Waals surface area contributed by atoms with E-state index in [-0.39, 0.29) is 17.2 Å². The second kappa shape index (κ2) is 7.73. The van der Waals surface area contributed by atoms with Crippen molar-refractivity contribution in [3.63, 3.8) is 0 Å². The number of phenols is 1. The third kappa shape index (κ3) is 3.98. The number of rotatable bonds is 6. The Morgan fingerprint density at radius 2 is 1.88 bits per heavy atom. The van der Waals surface area contributed by atoms with Crippen LogP contribution in [0, 0.1) is 0 Å². The van der Waals surface area contributed by atoms with Gasteiger partial charge in [0.2, 0.25) is 0 Å². The van der Waals surface area contributed by atoms with E-state index in [1.54, 1.807) is 6.07 Å². The second-order valence-electron chi connectivity index (χ2n) is 5.76. The number of benzene rings is 2. The average molecular weight is 328 g/mol. The number of ether oxygens (including phenoxy) is 1. The molecule has 128 valence electrons. The lowest BCUT2D eigenvalue weighted by molar-refractivity contribution is 0.102. The van der Waals surface area contributed by atoms with Crippen LogP contribution in [-0.2, 0) is 0 Å². The van der Waals surface area contributed by atoms with E-state index in [0.29, 0.717) is 17.5 Å². The van der Waals surface area contributed by atoms with Crippen molar-refractivity contribution in [2.24, 2.45) is 0 Å². The molecule has 2 rings (SSSR count). The van der Waals surface area contributed by atoms with Crippen molar-refractivity contribution in [3.8, 4) is 11.5 Å². The molecule has 0 atom stereocenters. The highest BCUT2D eigenvalue weighted by Crippen LogP contribution is 2.25. The summed E-state index contributed by atoms with van der Waals surface area (Å²) in [4.78, 5) is 14.6. The van der Waals surface area contributed by atoms with Gasteiger partial charge in [-0.05, 0) is 57.2 Å². The van der Waals surface area contributed by atoms with E-state index in [2.05, 4.69) is 31.0 Å². The van der Waals surface area contributed by atoms with E-state index in [4.69, 9.17) is 4.74 Å². The van der Waals surface area contributed by atoms with Crippen molar-refractivity contribution in [3.05, 3.63) is 48.0 Å². The molecule has 0 unspecified atom stereocenters. The van der Waals surface area contributed by atoms with Gasteiger partial charge in [-0.3, -0.25) is 4.79 Å². The fourth-order valence-electron chi connectivity index (χ4n) is 2.61. The van der Waals surface area contributed by atoms with E-state index in [9.17, 15) is 9.90 Å². The number of hydrogen-bond donors (Lipinski definition) is 2. The molecule has 1 amide bonds. The average Bonchev–Trinajstić information content (AvgIpc) is 2.56. The summed E-state index contributed by atoms with van der Waals surface area (Å²) in [5.41, 5.74) is 1.99. The zero-order valence-electron chi connectivity index (χ0n) is 14.5. The molecule has 0 fully saturated rings. The van der Waals surface area contributed by atoms with Gasteiger partial charge in [0.1, 0.15) is 11.5 Å². The first-order valence-electron chi connectivity index (χ1n) is 8.01. The van der Waals surface area contributed by atoms with Gasteiger partial charge in [-0.1, -0.05) is 0 Å². The molecule has 0 heterocycles. The number of amides is 1. The molecule has 0 aliphatic heterocycles. The zero-order chi connectivity index (χ0) is 17.7. The Bertz CT molecular complexity index is 696. The zero-order valence-corrected chi connectivity index (χ0v) is 14.5. The molecule has 2 aromatic carbocycles. The molecule has 0 saturated heterocycles. The summed E-state index contributed by atoms with van der Waals surface area (Å²) in [7, 11) is 1.51. The topological polar surface area (TPSA) is 61.8 Å². The van der Waals surface area contributed by atoms with Crippen LogP contribution in [0.4, 0.5) is 11.4 Å². The molecule has 2 N–H and O–H groups in total. The Hall–Kier alpha value is -2.69. The lowest BCUT2D eigenvalue weighted by Crippen LogP contribution is -2.30. The van der Waals surface area contributed by atoms with Gasteiger partial charge in [-0.15, -0.1) is 0 Å². The molecule has 0 spiro atoms. The molecule has 24 heavy (non-hydrogen) atoms. The van der Waals surface area contributed by atoms with Gasteiger partial charge in [-0.25, -0.2) is 0 Å². The first-order valence-corrected chi connectivity index (χ1v) is 8.01. The van der Waals surface area contributed by atoms with E-state index in [1.807, 2.05) is 24.3 Å². The SMILES string of the molecule is CCN(c1ccc(NC(=O)c2ccc(OC)cc2O)cc1)C(C)C. The van der Waals surface area contributed by atoms with Crippen LogP contribution in [0.25, 0.3) is 0 Å². The number of carbonyl (C=O) groups is 1. The third-order valence-corrected chi connectivity index (χ3v) is 3.87. The molecule has 0 radical (unpaired) electrons. The van der Waals surface area contributed by atoms with Gasteiger partial charge in [0.25, 0.3) is 5.91 Å². The number of anilines is 2. The van der Waals surface area contributed by atoms with Crippen LogP contribution in [0.1, 0.15) is 31.1 Å². The first-order chi connectivity index (χ1) is 11.5. The van der Waals surface area contributed by atoms with Gasteiger partial charge in [0, 0.05) is 30.0 Å². The van der Waals surface area contributed by atoms with Crippen molar-refractivity contribution in [1.29, 1.82) is 0 Å². The highest BCUT2D eigenvalue weighted by molar-refractivity contribution is 6.06. The van der Waals surface area contributed by atoms with Crippen molar-refractivity contribution in [1.82, 2.24) is 0 Å². The van der Waals surface area contributed by atoms with Crippen LogP contribution in [0.3, 0.4) is 0 Å². The van der Waals surface area contributed by atoms with E-state index in [1.165, 1.54) is 19.2 Å². The van der Waals surface area contributed by atoms with Gasteiger partial charge >= 0.3 is 0 Å². The number of methoxy groups -OCH3 is 1. The number of nitrogens with one attached hydrogen (secondary N) is 1. The summed E-state index contributed by atoms with van der Waals surface area (Å²) < 4.78 is 5.02. The Labute approximate surface area is 142 Å². The maximum absolute atomic E-state index is 12.3. The number of hydrogen-bond acceptors (Lipinski definition) is 4. The van der Waals surface area contributed by atoms with Gasteiger partial charge in [0.05, 0.1) is 12.7 Å². The monoisotopic (exact) mass is 328 g/mol. The molecule has 5 nitrogen and oxygen atoms in total. The Kier molecular flexibility index (Phi) is 5.68. The lowest BCUT2D eigenvalue weighted by Gasteiger charge is -2.27. The molecule has 0 aliphatic carbocycles. The Balaban J connectivity index is 2.12. The van der Waals surface area contributed by atoms with Crippen LogP contribution in [0.2, 0.25) is 0 Å². The molecule has 2 aromatic rings. The summed E-state index contributed by atoms with van der Waals surface area (Å²) in [6, 6.07) is 12.7. The van der Waals surface area contributed by atoms with Crippen LogP contribution in [0.5, 0.6) is 11.5 Å². The molecular formula is C19H24N2O3. The summed E-state index contributed by atoms with van der Waals surface area (Å²) >= 11 is 0. The van der Waals surface area contributed by atoms with Crippen LogP contribution in [-0.4, -0.2) is 30.7 Å². The Morgan fingerprint density at radius 3 is 2.38 bits per heavy atom. The summed E-state index contributed by atoms with van der Waals surface area (Å²) in [5.74, 6) is 0.0290. The normalized spacial score (nSPS) is 10.5. The predicted octanol–water partition coefficient (Wildman–Crippen LogP) is 3.89. The maximum atomic E-state index is 12.3. The minimum Gasteiger partial charge on any atom is -0.507 e. The summed E-state index contributed by atoms with van der Waals surface area (Å²) in [6.45, 7) is 7.32. The Morgan fingerprint density at radius 1 is 1.21 bits per heavy atom. The van der Waals surface area contributed by atoms with Crippen molar-refractivity contribution in [2.75, 3.05) is 23.9 Å². The molecule has 0 bridgehead atoms. The molecular weight excluding hydrogens is 304 g/mol. The quantitative estimate of drug-likeness (QED) is 0.844. The van der Waals surface area contributed by atoms with Crippen molar-refractivity contribution in [2.45, 2.75) is 26.8 Å². The molecule has 5 heteroatoms. The fraction of sp³-hybridized carbons (Fsp3) is 0.316. The number of carbonyl (C=O) groups excluding carboxylic acids is 1. The predicted molar refractivity (Wildman–Crippen MR) is 97.2 cm³/mol.